The second-order valence-electron chi connectivity index (χ2n) is 6.31. The molecule has 0 bridgehead atoms. The van der Waals surface area contributed by atoms with Gasteiger partial charge in [-0.3, -0.25) is 0 Å². The highest BCUT2D eigenvalue weighted by molar-refractivity contribution is 5.29. The smallest absolute Gasteiger partial charge is 0.138 e. The molecule has 1 aliphatic rings. The molecular formula is C17H21FN2O. The number of hydrogen-bond acceptors (Lipinski definition) is 3. The van der Waals surface area contributed by atoms with Crippen LogP contribution in [0.5, 0.6) is 0 Å². The summed E-state index contributed by atoms with van der Waals surface area (Å²) < 4.78 is 18.2. The zero-order valence-electron chi connectivity index (χ0n) is 12.5. The summed E-state index contributed by atoms with van der Waals surface area (Å²) in [7, 11) is 0. The summed E-state index contributed by atoms with van der Waals surface area (Å²) in [5, 5.41) is 7.44. The summed E-state index contributed by atoms with van der Waals surface area (Å²) in [6.45, 7) is 5.08. The van der Waals surface area contributed by atoms with Gasteiger partial charge in [-0.25, -0.2) is 4.39 Å². The molecular weight excluding hydrogens is 267 g/mol. The van der Waals surface area contributed by atoms with Gasteiger partial charge in [0.25, 0.3) is 0 Å². The maximum atomic E-state index is 13.0. The molecule has 1 aromatic heterocycles. The molecule has 0 amide bonds. The fourth-order valence-electron chi connectivity index (χ4n) is 3.19. The van der Waals surface area contributed by atoms with Crippen molar-refractivity contribution >= 4 is 0 Å². The average molecular weight is 288 g/mol. The lowest BCUT2D eigenvalue weighted by molar-refractivity contribution is 0.190. The molecule has 4 heteroatoms. The SMILES string of the molecule is Cc1cc(CCNC2CC(C)(c3ccc(F)cc3)C2)on1. The third kappa shape index (κ3) is 3.16. The van der Waals surface area contributed by atoms with Crippen LogP contribution in [0.1, 0.15) is 36.8 Å². The Hall–Kier alpha value is -1.68. The largest absolute Gasteiger partial charge is 0.361 e. The Kier molecular flexibility index (Phi) is 3.81. The summed E-state index contributed by atoms with van der Waals surface area (Å²) in [5.41, 5.74) is 2.33. The van der Waals surface area contributed by atoms with Gasteiger partial charge in [0.05, 0.1) is 5.69 Å². The molecule has 3 nitrogen and oxygen atoms in total. The standard InChI is InChI=1S/C17H21FN2O/c1-12-9-16(21-20-12)7-8-19-15-10-17(2,11-15)13-3-5-14(18)6-4-13/h3-6,9,15,19H,7-8,10-11H2,1-2H3. The molecule has 3 rings (SSSR count). The van der Waals surface area contributed by atoms with Crippen LogP contribution < -0.4 is 5.32 Å². The van der Waals surface area contributed by atoms with Gasteiger partial charge in [0.1, 0.15) is 11.6 Å². The van der Waals surface area contributed by atoms with E-state index in [1.807, 2.05) is 25.1 Å². The van der Waals surface area contributed by atoms with Crippen molar-refractivity contribution in [1.82, 2.24) is 10.5 Å². The molecule has 2 aromatic rings. The van der Waals surface area contributed by atoms with Gasteiger partial charge in [-0.1, -0.05) is 24.2 Å². The number of nitrogens with one attached hydrogen (secondary N) is 1. The zero-order valence-corrected chi connectivity index (χ0v) is 12.5. The molecule has 0 atom stereocenters. The lowest BCUT2D eigenvalue weighted by Crippen LogP contribution is -2.50. The molecule has 0 aliphatic heterocycles. The zero-order chi connectivity index (χ0) is 14.9. The quantitative estimate of drug-likeness (QED) is 0.916. The minimum Gasteiger partial charge on any atom is -0.361 e. The molecule has 0 unspecified atom stereocenters. The predicted molar refractivity (Wildman–Crippen MR) is 79.7 cm³/mol. The predicted octanol–water partition coefficient (Wildman–Crippen LogP) is 3.37. The van der Waals surface area contributed by atoms with E-state index in [1.165, 1.54) is 5.56 Å². The summed E-state index contributed by atoms with van der Waals surface area (Å²) in [6, 6.07) is 9.42. The number of halogens is 1. The van der Waals surface area contributed by atoms with E-state index >= 15 is 0 Å². The van der Waals surface area contributed by atoms with Gasteiger partial charge >= 0.3 is 0 Å². The first-order valence-electron chi connectivity index (χ1n) is 7.47. The van der Waals surface area contributed by atoms with Crippen LogP contribution in [0.2, 0.25) is 0 Å². The second-order valence-corrected chi connectivity index (χ2v) is 6.31. The number of benzene rings is 1. The van der Waals surface area contributed by atoms with Crippen LogP contribution in [-0.4, -0.2) is 17.7 Å². The van der Waals surface area contributed by atoms with Crippen molar-refractivity contribution in [3.05, 3.63) is 53.2 Å². The lowest BCUT2D eigenvalue weighted by Gasteiger charge is -2.46. The van der Waals surface area contributed by atoms with Gasteiger partial charge in [-0.05, 0) is 42.9 Å². The monoisotopic (exact) mass is 288 g/mol. The molecule has 0 saturated heterocycles. The van der Waals surface area contributed by atoms with Crippen LogP contribution in [0.4, 0.5) is 4.39 Å². The van der Waals surface area contributed by atoms with Gasteiger partial charge in [0.15, 0.2) is 0 Å². The topological polar surface area (TPSA) is 38.1 Å². The molecule has 1 heterocycles. The molecule has 0 spiro atoms. The van der Waals surface area contributed by atoms with Crippen LogP contribution in [0.3, 0.4) is 0 Å². The first-order valence-corrected chi connectivity index (χ1v) is 7.47. The molecule has 21 heavy (non-hydrogen) atoms. The first kappa shape index (κ1) is 14.3. The molecule has 112 valence electrons. The van der Waals surface area contributed by atoms with Gasteiger partial charge in [-0.2, -0.15) is 0 Å². The second kappa shape index (κ2) is 5.60. The molecule has 1 aliphatic carbocycles. The van der Waals surface area contributed by atoms with Gasteiger partial charge in [0, 0.05) is 25.1 Å². The Morgan fingerprint density at radius 1 is 1.33 bits per heavy atom. The Morgan fingerprint density at radius 2 is 2.05 bits per heavy atom. The van der Waals surface area contributed by atoms with Crippen molar-refractivity contribution in [2.75, 3.05) is 6.54 Å². The average Bonchev–Trinajstić information content (AvgIpc) is 2.83. The van der Waals surface area contributed by atoms with Crippen molar-refractivity contribution in [2.45, 2.75) is 44.6 Å². The highest BCUT2D eigenvalue weighted by Gasteiger charge is 2.41. The Morgan fingerprint density at radius 3 is 2.67 bits per heavy atom. The van der Waals surface area contributed by atoms with Crippen molar-refractivity contribution < 1.29 is 8.91 Å². The van der Waals surface area contributed by atoms with E-state index in [4.69, 9.17) is 4.52 Å². The van der Waals surface area contributed by atoms with E-state index in [0.717, 1.165) is 37.3 Å². The van der Waals surface area contributed by atoms with Gasteiger partial charge in [-0.15, -0.1) is 0 Å². The third-order valence-electron chi connectivity index (χ3n) is 4.42. The minimum absolute atomic E-state index is 0.168. The lowest BCUT2D eigenvalue weighted by atomic mass is 9.63. The number of rotatable bonds is 5. The van der Waals surface area contributed by atoms with Crippen LogP contribution in [0, 0.1) is 12.7 Å². The Balaban J connectivity index is 1.45. The van der Waals surface area contributed by atoms with E-state index in [1.54, 1.807) is 12.1 Å². The summed E-state index contributed by atoms with van der Waals surface area (Å²) in [6.07, 6.45) is 3.05. The minimum atomic E-state index is -0.168. The molecule has 0 radical (unpaired) electrons. The fraction of sp³-hybridized carbons (Fsp3) is 0.471. The summed E-state index contributed by atoms with van der Waals surface area (Å²) >= 11 is 0. The number of aromatic nitrogens is 1. The molecule has 1 N–H and O–H groups in total. The molecule has 1 saturated carbocycles. The Labute approximate surface area is 124 Å². The van der Waals surface area contributed by atoms with Crippen molar-refractivity contribution in [1.29, 1.82) is 0 Å². The summed E-state index contributed by atoms with van der Waals surface area (Å²) in [4.78, 5) is 0. The van der Waals surface area contributed by atoms with E-state index in [9.17, 15) is 4.39 Å². The van der Waals surface area contributed by atoms with Gasteiger partial charge < -0.3 is 9.84 Å². The van der Waals surface area contributed by atoms with E-state index in [0.29, 0.717) is 6.04 Å². The van der Waals surface area contributed by atoms with Crippen molar-refractivity contribution in [2.24, 2.45) is 0 Å². The van der Waals surface area contributed by atoms with Crippen LogP contribution >= 0.6 is 0 Å². The maximum Gasteiger partial charge on any atom is 0.138 e. The molecule has 1 fully saturated rings. The highest BCUT2D eigenvalue weighted by Crippen LogP contribution is 2.43. The van der Waals surface area contributed by atoms with Crippen molar-refractivity contribution in [3.63, 3.8) is 0 Å². The maximum absolute atomic E-state index is 13.0. The van der Waals surface area contributed by atoms with Crippen LogP contribution in [-0.2, 0) is 11.8 Å². The highest BCUT2D eigenvalue weighted by atomic mass is 19.1. The normalized spacial score (nSPS) is 24.8. The number of nitrogens with zero attached hydrogens (tertiary/aromatic N) is 1. The van der Waals surface area contributed by atoms with Crippen LogP contribution in [0.15, 0.2) is 34.9 Å². The fourth-order valence-corrected chi connectivity index (χ4v) is 3.19. The third-order valence-corrected chi connectivity index (χ3v) is 4.42. The van der Waals surface area contributed by atoms with E-state index < -0.39 is 0 Å². The number of hydrogen-bond donors (Lipinski definition) is 1. The Bertz CT molecular complexity index is 600. The first-order chi connectivity index (χ1) is 10.0. The van der Waals surface area contributed by atoms with Crippen LogP contribution in [0.25, 0.3) is 0 Å². The van der Waals surface area contributed by atoms with E-state index in [-0.39, 0.29) is 11.2 Å². The number of aryl methyl sites for hydroxylation is 1. The van der Waals surface area contributed by atoms with E-state index in [2.05, 4.69) is 17.4 Å². The van der Waals surface area contributed by atoms with Crippen molar-refractivity contribution in [3.8, 4) is 0 Å². The summed E-state index contributed by atoms with van der Waals surface area (Å²) in [5.74, 6) is 0.763. The van der Waals surface area contributed by atoms with Gasteiger partial charge in [0.2, 0.25) is 0 Å². The molecule has 1 aromatic carbocycles.